The van der Waals surface area contributed by atoms with Crippen LogP contribution in [0.15, 0.2) is 0 Å². The van der Waals surface area contributed by atoms with Crippen LogP contribution in [0.2, 0.25) is 0 Å². The first kappa shape index (κ1) is 88.1. The van der Waals surface area contributed by atoms with Crippen LogP contribution in [0.3, 0.4) is 0 Å². The Hall–Kier alpha value is -1.94. The van der Waals surface area contributed by atoms with E-state index in [1.54, 1.807) is 0 Å². The molecule has 0 spiro atoms. The average molecular weight is 1330 g/mol. The molecular formula is C71H138O17P2. The highest BCUT2D eigenvalue weighted by molar-refractivity contribution is 7.47. The molecule has 0 bridgehead atoms. The first-order chi connectivity index (χ1) is 43.1. The maximum Gasteiger partial charge on any atom is 0.472 e. The van der Waals surface area contributed by atoms with E-state index in [2.05, 4.69) is 55.4 Å². The Balaban J connectivity index is 5.23. The summed E-state index contributed by atoms with van der Waals surface area (Å²) >= 11 is 0. The predicted octanol–water partition coefficient (Wildman–Crippen LogP) is 20.1. The van der Waals surface area contributed by atoms with Crippen LogP contribution in [0.4, 0.5) is 0 Å². The Kier molecular flexibility index (Phi) is 59.4. The number of carbonyl (C=O) groups excluding carboxylic acids is 4. The molecule has 3 unspecified atom stereocenters. The van der Waals surface area contributed by atoms with Crippen LogP contribution in [-0.2, 0) is 65.4 Å². The van der Waals surface area contributed by atoms with Gasteiger partial charge in [-0.05, 0) is 49.4 Å². The number of aliphatic hydroxyl groups excluding tert-OH is 1. The fourth-order valence-electron chi connectivity index (χ4n) is 10.7. The molecule has 0 aliphatic heterocycles. The van der Waals surface area contributed by atoms with Crippen molar-refractivity contribution >= 4 is 39.5 Å². The van der Waals surface area contributed by atoms with Crippen molar-refractivity contribution in [3.05, 3.63) is 0 Å². The summed E-state index contributed by atoms with van der Waals surface area (Å²) in [6.07, 6.45) is 43.2. The number of phosphoric ester groups is 2. The smallest absolute Gasteiger partial charge is 0.462 e. The van der Waals surface area contributed by atoms with E-state index in [1.165, 1.54) is 154 Å². The third-order valence-corrected chi connectivity index (χ3v) is 18.2. The van der Waals surface area contributed by atoms with Crippen LogP contribution >= 0.6 is 15.6 Å². The number of hydrogen-bond acceptors (Lipinski definition) is 15. The molecule has 5 atom stereocenters. The highest BCUT2D eigenvalue weighted by Gasteiger charge is 2.30. The molecule has 0 aliphatic carbocycles. The zero-order valence-electron chi connectivity index (χ0n) is 58.8. The lowest BCUT2D eigenvalue weighted by atomic mass is 10.0. The minimum atomic E-state index is -4.95. The summed E-state index contributed by atoms with van der Waals surface area (Å²) in [5.41, 5.74) is 0. The fraction of sp³-hybridized carbons (Fsp3) is 0.944. The molecule has 0 amide bonds. The number of carbonyl (C=O) groups is 4. The van der Waals surface area contributed by atoms with E-state index in [0.29, 0.717) is 31.6 Å². The summed E-state index contributed by atoms with van der Waals surface area (Å²) in [7, 11) is -9.90. The number of aliphatic hydroxyl groups is 1. The number of unbranched alkanes of at least 4 members (excludes halogenated alkanes) is 34. The lowest BCUT2D eigenvalue weighted by Crippen LogP contribution is -2.30. The Labute approximate surface area is 549 Å². The van der Waals surface area contributed by atoms with E-state index in [0.717, 1.165) is 108 Å². The molecule has 19 heteroatoms. The predicted molar refractivity (Wildman–Crippen MR) is 363 cm³/mol. The molecule has 0 saturated heterocycles. The fourth-order valence-corrected chi connectivity index (χ4v) is 12.2. The van der Waals surface area contributed by atoms with Crippen molar-refractivity contribution in [2.75, 3.05) is 39.6 Å². The van der Waals surface area contributed by atoms with Crippen LogP contribution in [0.25, 0.3) is 0 Å². The number of rotatable bonds is 68. The van der Waals surface area contributed by atoms with Gasteiger partial charge >= 0.3 is 39.5 Å². The van der Waals surface area contributed by atoms with Crippen LogP contribution < -0.4 is 0 Å². The summed E-state index contributed by atoms with van der Waals surface area (Å²) in [6.45, 7) is 14.1. The van der Waals surface area contributed by atoms with Crippen LogP contribution in [-0.4, -0.2) is 96.7 Å². The van der Waals surface area contributed by atoms with Crippen LogP contribution in [0, 0.1) is 23.7 Å². The van der Waals surface area contributed by atoms with Gasteiger partial charge in [0.1, 0.15) is 19.3 Å². The van der Waals surface area contributed by atoms with Gasteiger partial charge in [0.05, 0.1) is 26.4 Å². The maximum atomic E-state index is 13.0. The lowest BCUT2D eigenvalue weighted by Gasteiger charge is -2.21. The second-order valence-electron chi connectivity index (χ2n) is 27.5. The Bertz CT molecular complexity index is 1780. The van der Waals surface area contributed by atoms with Gasteiger partial charge in [-0.1, -0.05) is 299 Å². The molecule has 0 saturated carbocycles. The van der Waals surface area contributed by atoms with E-state index in [1.807, 2.05) is 0 Å². The zero-order chi connectivity index (χ0) is 66.8. The van der Waals surface area contributed by atoms with Crippen molar-refractivity contribution in [2.24, 2.45) is 23.7 Å². The number of hydrogen-bond donors (Lipinski definition) is 3. The summed E-state index contributed by atoms with van der Waals surface area (Å²) in [5, 5.41) is 10.6. The quantitative estimate of drug-likeness (QED) is 0.0222. The standard InChI is InChI=1S/C71H138O17P2/c1-61(2)47-39-31-23-16-12-10-9-11-13-18-27-35-43-51-68(73)81-58-67(88-71(76)54-46-38-30-22-26-34-42-50-64(7)8)60-86-90(79,80)84-56-65(72)55-83-89(77,78)85-59-66(57-82-69(74)52-44-36-28-21-20-25-33-41-49-63(5)6)87-70(75)53-45-37-29-19-15-14-17-24-32-40-48-62(3)4/h61-67,72H,9-60H2,1-8H3,(H,77,78)(H,79,80)/t65?,66-,67-/m1/s1. The summed E-state index contributed by atoms with van der Waals surface area (Å²) in [5.74, 6) is 0.835. The molecule has 0 aliphatic rings. The highest BCUT2D eigenvalue weighted by Crippen LogP contribution is 2.45. The molecule has 0 aromatic heterocycles. The molecule has 534 valence electrons. The van der Waals surface area contributed by atoms with Crippen molar-refractivity contribution < 1.29 is 80.2 Å². The second-order valence-corrected chi connectivity index (χ2v) is 30.4. The van der Waals surface area contributed by atoms with Crippen molar-refractivity contribution in [2.45, 2.75) is 369 Å². The number of phosphoric acid groups is 2. The van der Waals surface area contributed by atoms with Crippen LogP contribution in [0.5, 0.6) is 0 Å². The van der Waals surface area contributed by atoms with Crippen LogP contribution in [0.1, 0.15) is 351 Å². The molecule has 17 nitrogen and oxygen atoms in total. The molecule has 0 rings (SSSR count). The number of esters is 4. The molecule has 0 radical (unpaired) electrons. The van der Waals surface area contributed by atoms with E-state index in [-0.39, 0.29) is 25.7 Å². The molecule has 0 fully saturated rings. The van der Waals surface area contributed by atoms with Gasteiger partial charge in [-0.15, -0.1) is 0 Å². The van der Waals surface area contributed by atoms with Gasteiger partial charge in [-0.25, -0.2) is 9.13 Å². The Morgan fingerprint density at radius 2 is 0.467 bits per heavy atom. The monoisotopic (exact) mass is 1320 g/mol. The van der Waals surface area contributed by atoms with Gasteiger partial charge in [0, 0.05) is 25.7 Å². The van der Waals surface area contributed by atoms with Crippen molar-refractivity contribution in [3.8, 4) is 0 Å². The first-order valence-corrected chi connectivity index (χ1v) is 39.7. The highest BCUT2D eigenvalue weighted by atomic mass is 31.2. The van der Waals surface area contributed by atoms with E-state index in [4.69, 9.17) is 37.0 Å². The molecule has 3 N–H and O–H groups in total. The minimum Gasteiger partial charge on any atom is -0.462 e. The zero-order valence-corrected chi connectivity index (χ0v) is 60.6. The number of ether oxygens (including phenoxy) is 4. The Morgan fingerprint density at radius 1 is 0.278 bits per heavy atom. The van der Waals surface area contributed by atoms with Gasteiger partial charge in [-0.2, -0.15) is 0 Å². The first-order valence-electron chi connectivity index (χ1n) is 36.7. The SMILES string of the molecule is CC(C)CCCCCCCCCCCCCCCC(=O)OC[C@H](COP(=O)(O)OCC(O)COP(=O)(O)OC[C@@H](COC(=O)CCCCCCCCCCC(C)C)OC(=O)CCCCCCCCCCCCC(C)C)OC(=O)CCCCCCCCCC(C)C. The Morgan fingerprint density at radius 3 is 0.689 bits per heavy atom. The third kappa shape index (κ3) is 64.8. The lowest BCUT2D eigenvalue weighted by molar-refractivity contribution is -0.161. The molecule has 90 heavy (non-hydrogen) atoms. The average Bonchev–Trinajstić information content (AvgIpc) is 3.52. The topological polar surface area (TPSA) is 237 Å². The van der Waals surface area contributed by atoms with E-state index in [9.17, 15) is 43.2 Å². The van der Waals surface area contributed by atoms with Gasteiger partial charge in [0.2, 0.25) is 0 Å². The van der Waals surface area contributed by atoms with Crippen molar-refractivity contribution in [1.82, 2.24) is 0 Å². The van der Waals surface area contributed by atoms with Crippen molar-refractivity contribution in [3.63, 3.8) is 0 Å². The summed E-state index contributed by atoms with van der Waals surface area (Å²) in [6, 6.07) is 0. The molecule has 0 aromatic carbocycles. The van der Waals surface area contributed by atoms with E-state index >= 15 is 0 Å². The summed E-state index contributed by atoms with van der Waals surface area (Å²) in [4.78, 5) is 72.6. The molecule has 0 heterocycles. The normalized spacial score (nSPS) is 14.3. The van der Waals surface area contributed by atoms with Crippen molar-refractivity contribution in [1.29, 1.82) is 0 Å². The largest absolute Gasteiger partial charge is 0.472 e. The van der Waals surface area contributed by atoms with Gasteiger partial charge in [0.15, 0.2) is 12.2 Å². The minimum absolute atomic E-state index is 0.103. The van der Waals surface area contributed by atoms with Gasteiger partial charge < -0.3 is 33.8 Å². The van der Waals surface area contributed by atoms with Gasteiger partial charge in [-0.3, -0.25) is 37.3 Å². The third-order valence-electron chi connectivity index (χ3n) is 16.3. The van der Waals surface area contributed by atoms with Gasteiger partial charge in [0.25, 0.3) is 0 Å². The molecular weight excluding hydrogens is 1190 g/mol. The second kappa shape index (κ2) is 60.7. The van der Waals surface area contributed by atoms with E-state index < -0.39 is 97.5 Å². The maximum absolute atomic E-state index is 13.0. The molecule has 0 aromatic rings. The summed E-state index contributed by atoms with van der Waals surface area (Å²) < 4.78 is 68.3.